The lowest BCUT2D eigenvalue weighted by Crippen LogP contribution is -2.48. The van der Waals surface area contributed by atoms with Crippen LogP contribution in [0, 0.1) is 0 Å². The summed E-state index contributed by atoms with van der Waals surface area (Å²) in [5.41, 5.74) is 7.82. The summed E-state index contributed by atoms with van der Waals surface area (Å²) in [7, 11) is 2.12. The third kappa shape index (κ3) is 2.91. The zero-order chi connectivity index (χ0) is 14.9. The molecule has 3 rings (SSSR count). The van der Waals surface area contributed by atoms with Crippen molar-refractivity contribution in [1.82, 2.24) is 0 Å². The number of rotatable bonds is 3. The van der Waals surface area contributed by atoms with Crippen LogP contribution in [0.5, 0.6) is 0 Å². The minimum atomic E-state index is -0.0880. The number of hydrogen-bond acceptors (Lipinski definition) is 4. The summed E-state index contributed by atoms with van der Waals surface area (Å²) in [5, 5.41) is 0. The van der Waals surface area contributed by atoms with Gasteiger partial charge in [0.05, 0.1) is 12.2 Å². The van der Waals surface area contributed by atoms with E-state index in [4.69, 9.17) is 27.4 Å². The van der Waals surface area contributed by atoms with Gasteiger partial charge in [0.2, 0.25) is 0 Å². The largest absolute Gasteiger partial charge is 0.389 e. The average Bonchev–Trinajstić information content (AvgIpc) is 2.94. The van der Waals surface area contributed by atoms with E-state index in [-0.39, 0.29) is 5.60 Å². The lowest BCUT2D eigenvalue weighted by Gasteiger charge is -2.42. The highest BCUT2D eigenvalue weighted by Gasteiger charge is 2.42. The van der Waals surface area contributed by atoms with Crippen molar-refractivity contribution in [3.05, 3.63) is 29.8 Å². The lowest BCUT2D eigenvalue weighted by atomic mass is 9.88. The Morgan fingerprint density at radius 3 is 2.90 bits per heavy atom. The maximum Gasteiger partial charge on any atom is 0.106 e. The predicted octanol–water partition coefficient (Wildman–Crippen LogP) is 2.10. The molecule has 4 nitrogen and oxygen atoms in total. The molecule has 1 aromatic rings. The van der Waals surface area contributed by atoms with Crippen molar-refractivity contribution in [1.29, 1.82) is 0 Å². The van der Waals surface area contributed by atoms with Gasteiger partial charge in [0.1, 0.15) is 4.99 Å². The highest BCUT2D eigenvalue weighted by Crippen LogP contribution is 2.36. The first-order valence-corrected chi connectivity index (χ1v) is 7.85. The van der Waals surface area contributed by atoms with Crippen molar-refractivity contribution in [3.63, 3.8) is 0 Å². The van der Waals surface area contributed by atoms with Crippen molar-refractivity contribution in [2.75, 3.05) is 31.8 Å². The quantitative estimate of drug-likeness (QED) is 0.867. The SMILES string of the molecule is CN(c1ccccc1C(N)=S)C1CCOC2(CCOC2)C1. The van der Waals surface area contributed by atoms with Crippen LogP contribution >= 0.6 is 12.2 Å². The lowest BCUT2D eigenvalue weighted by molar-refractivity contribution is -0.0855. The van der Waals surface area contributed by atoms with E-state index < -0.39 is 0 Å². The summed E-state index contributed by atoms with van der Waals surface area (Å²) in [5.74, 6) is 0. The van der Waals surface area contributed by atoms with Crippen molar-refractivity contribution in [2.24, 2.45) is 5.73 Å². The average molecular weight is 306 g/mol. The van der Waals surface area contributed by atoms with Crippen LogP contribution in [0.1, 0.15) is 24.8 Å². The molecule has 2 atom stereocenters. The van der Waals surface area contributed by atoms with Gasteiger partial charge in [-0.1, -0.05) is 24.4 Å². The molecule has 2 heterocycles. The normalized spacial score (nSPS) is 28.7. The van der Waals surface area contributed by atoms with Crippen LogP contribution in [0.2, 0.25) is 0 Å². The highest BCUT2D eigenvalue weighted by molar-refractivity contribution is 7.80. The zero-order valence-electron chi connectivity index (χ0n) is 12.4. The summed E-state index contributed by atoms with van der Waals surface area (Å²) in [6, 6.07) is 8.50. The van der Waals surface area contributed by atoms with Gasteiger partial charge >= 0.3 is 0 Å². The number of hydrogen-bond donors (Lipinski definition) is 1. The first-order chi connectivity index (χ1) is 10.1. The number of anilines is 1. The monoisotopic (exact) mass is 306 g/mol. The fraction of sp³-hybridized carbons (Fsp3) is 0.562. The first kappa shape index (κ1) is 14.8. The molecule has 2 N–H and O–H groups in total. The van der Waals surface area contributed by atoms with Gasteiger partial charge < -0.3 is 20.1 Å². The van der Waals surface area contributed by atoms with E-state index in [1.54, 1.807) is 0 Å². The Morgan fingerprint density at radius 2 is 2.19 bits per heavy atom. The van der Waals surface area contributed by atoms with Crippen LogP contribution in [0.15, 0.2) is 24.3 Å². The standard InChI is InChI=1S/C16H22N2O2S/c1-18(14-5-3-2-4-13(14)15(17)21)12-6-8-20-16(10-12)7-9-19-11-16/h2-5,12H,6-11H2,1H3,(H2,17,21). The van der Waals surface area contributed by atoms with Gasteiger partial charge in [-0.3, -0.25) is 0 Å². The Balaban J connectivity index is 1.81. The Kier molecular flexibility index (Phi) is 4.15. The molecule has 0 radical (unpaired) electrons. The van der Waals surface area contributed by atoms with Gasteiger partial charge in [-0.2, -0.15) is 0 Å². The summed E-state index contributed by atoms with van der Waals surface area (Å²) in [6.45, 7) is 2.31. The summed E-state index contributed by atoms with van der Waals surface area (Å²) >= 11 is 5.18. The van der Waals surface area contributed by atoms with E-state index in [0.717, 1.165) is 43.7 Å². The van der Waals surface area contributed by atoms with Gasteiger partial charge in [0.25, 0.3) is 0 Å². The van der Waals surface area contributed by atoms with Gasteiger partial charge in [-0.25, -0.2) is 0 Å². The predicted molar refractivity (Wildman–Crippen MR) is 87.9 cm³/mol. The van der Waals surface area contributed by atoms with Gasteiger partial charge in [-0.15, -0.1) is 0 Å². The maximum atomic E-state index is 6.02. The van der Waals surface area contributed by atoms with Crippen LogP contribution in [-0.2, 0) is 9.47 Å². The third-order valence-electron chi connectivity index (χ3n) is 4.63. The molecule has 2 fully saturated rings. The van der Waals surface area contributed by atoms with Crippen LogP contribution in [-0.4, -0.2) is 43.5 Å². The van der Waals surface area contributed by atoms with Crippen LogP contribution < -0.4 is 10.6 Å². The van der Waals surface area contributed by atoms with E-state index in [0.29, 0.717) is 17.6 Å². The highest BCUT2D eigenvalue weighted by atomic mass is 32.1. The summed E-state index contributed by atoms with van der Waals surface area (Å²) < 4.78 is 11.6. The van der Waals surface area contributed by atoms with Crippen LogP contribution in [0.4, 0.5) is 5.69 Å². The fourth-order valence-corrected chi connectivity index (χ4v) is 3.55. The molecule has 1 aromatic carbocycles. The Morgan fingerprint density at radius 1 is 1.38 bits per heavy atom. The van der Waals surface area contributed by atoms with E-state index in [1.807, 2.05) is 18.2 Å². The molecule has 2 unspecified atom stereocenters. The topological polar surface area (TPSA) is 47.7 Å². The molecule has 21 heavy (non-hydrogen) atoms. The minimum Gasteiger partial charge on any atom is -0.389 e. The van der Waals surface area contributed by atoms with E-state index in [9.17, 15) is 0 Å². The molecule has 0 bridgehead atoms. The van der Waals surface area contributed by atoms with Crippen molar-refractivity contribution in [3.8, 4) is 0 Å². The summed E-state index contributed by atoms with van der Waals surface area (Å²) in [6.07, 6.45) is 3.01. The number of benzene rings is 1. The maximum absolute atomic E-state index is 6.02. The van der Waals surface area contributed by atoms with Gasteiger partial charge in [0.15, 0.2) is 0 Å². The van der Waals surface area contributed by atoms with E-state index in [2.05, 4.69) is 18.0 Å². The minimum absolute atomic E-state index is 0.0880. The van der Waals surface area contributed by atoms with Crippen LogP contribution in [0.25, 0.3) is 0 Å². The number of nitrogens with zero attached hydrogens (tertiary/aromatic N) is 1. The van der Waals surface area contributed by atoms with Crippen molar-refractivity contribution >= 4 is 22.9 Å². The molecular formula is C16H22N2O2S. The molecule has 0 amide bonds. The number of ether oxygens (including phenoxy) is 2. The van der Waals surface area contributed by atoms with Crippen molar-refractivity contribution in [2.45, 2.75) is 30.9 Å². The molecule has 1 spiro atoms. The number of thiocarbonyl (C=S) groups is 1. The molecule has 2 aliphatic rings. The molecule has 2 saturated heterocycles. The Labute approximate surface area is 131 Å². The molecule has 0 aliphatic carbocycles. The smallest absolute Gasteiger partial charge is 0.106 e. The van der Waals surface area contributed by atoms with Crippen LogP contribution in [0.3, 0.4) is 0 Å². The fourth-order valence-electron chi connectivity index (χ4n) is 3.38. The second-order valence-electron chi connectivity index (χ2n) is 5.97. The van der Waals surface area contributed by atoms with Gasteiger partial charge in [0, 0.05) is 44.0 Å². The summed E-state index contributed by atoms with van der Waals surface area (Å²) in [4.78, 5) is 2.75. The zero-order valence-corrected chi connectivity index (χ0v) is 13.2. The second-order valence-corrected chi connectivity index (χ2v) is 6.41. The van der Waals surface area contributed by atoms with E-state index in [1.165, 1.54) is 0 Å². The number of para-hydroxylation sites is 1. The molecule has 2 aliphatic heterocycles. The molecular weight excluding hydrogens is 284 g/mol. The molecule has 0 saturated carbocycles. The second kappa shape index (κ2) is 5.91. The van der Waals surface area contributed by atoms with E-state index >= 15 is 0 Å². The first-order valence-electron chi connectivity index (χ1n) is 7.45. The molecule has 5 heteroatoms. The Hall–Kier alpha value is -1.17. The molecule has 0 aromatic heterocycles. The van der Waals surface area contributed by atoms with Gasteiger partial charge in [-0.05, 0) is 25.0 Å². The van der Waals surface area contributed by atoms with Crippen molar-refractivity contribution < 1.29 is 9.47 Å². The number of nitrogens with two attached hydrogens (primary N) is 1. The molecule has 114 valence electrons. The third-order valence-corrected chi connectivity index (χ3v) is 4.85. The Bertz CT molecular complexity index is 529.